The van der Waals surface area contributed by atoms with E-state index in [-0.39, 0.29) is 5.69 Å². The van der Waals surface area contributed by atoms with E-state index in [9.17, 15) is 9.59 Å². The van der Waals surface area contributed by atoms with Crippen molar-refractivity contribution in [1.82, 2.24) is 4.98 Å². The molecule has 1 saturated heterocycles. The average Bonchev–Trinajstić information content (AvgIpc) is 2.79. The summed E-state index contributed by atoms with van der Waals surface area (Å²) in [7, 11) is 0. The number of nitrogens with zero attached hydrogens (tertiary/aromatic N) is 3. The molecular formula is C13H14N4O3. The maximum atomic E-state index is 11.1. The minimum absolute atomic E-state index is 0.232. The monoisotopic (exact) mass is 274 g/mol. The van der Waals surface area contributed by atoms with Gasteiger partial charge in [0.05, 0.1) is 17.8 Å². The molecule has 1 aliphatic heterocycles. The number of nitriles is 1. The summed E-state index contributed by atoms with van der Waals surface area (Å²) in [4.78, 5) is 27.7. The van der Waals surface area contributed by atoms with Crippen molar-refractivity contribution in [2.24, 2.45) is 5.73 Å². The minimum Gasteiger partial charge on any atom is -0.441 e. The summed E-state index contributed by atoms with van der Waals surface area (Å²) >= 11 is 0. The van der Waals surface area contributed by atoms with E-state index in [2.05, 4.69) is 4.98 Å². The predicted octanol–water partition coefficient (Wildman–Crippen LogP) is 0.830. The Morgan fingerprint density at radius 3 is 3.05 bits per heavy atom. The van der Waals surface area contributed by atoms with Crippen LogP contribution in [-0.2, 0) is 4.74 Å². The van der Waals surface area contributed by atoms with Gasteiger partial charge in [-0.2, -0.15) is 5.26 Å². The smallest absolute Gasteiger partial charge is 0.405 e. The Kier molecular flexibility index (Phi) is 3.57. The first kappa shape index (κ1) is 13.8. The molecule has 7 heteroatoms. The van der Waals surface area contributed by atoms with Crippen LogP contribution in [0.2, 0.25) is 0 Å². The third kappa shape index (κ3) is 2.69. The molecule has 2 rings (SSSR count). The van der Waals surface area contributed by atoms with Crippen molar-refractivity contribution in [3.8, 4) is 6.07 Å². The van der Waals surface area contributed by atoms with Crippen LogP contribution >= 0.6 is 0 Å². The maximum Gasteiger partial charge on any atom is 0.405 e. The molecule has 20 heavy (non-hydrogen) atoms. The first-order chi connectivity index (χ1) is 9.47. The van der Waals surface area contributed by atoms with Crippen LogP contribution in [-0.4, -0.2) is 36.1 Å². The second kappa shape index (κ2) is 5.17. The molecule has 0 aliphatic carbocycles. The molecule has 1 fully saturated rings. The van der Waals surface area contributed by atoms with Crippen LogP contribution in [0.5, 0.6) is 0 Å². The summed E-state index contributed by atoms with van der Waals surface area (Å²) in [5, 5.41) is 8.88. The van der Waals surface area contributed by atoms with Gasteiger partial charge in [0.25, 0.3) is 0 Å². The van der Waals surface area contributed by atoms with Gasteiger partial charge in [0.2, 0.25) is 0 Å². The summed E-state index contributed by atoms with van der Waals surface area (Å²) in [6.07, 6.45) is 1.83. The standard InChI is InChI=1S/C13H14N4O3/c1-13(20-12(15)19)2-3-17(8-13)11-4-10(5-14)16-6-9(11)7-18/h4,6-7H,2-3,8H2,1H3,(H2,15,19)/t13-/m0/s1. The topological polar surface area (TPSA) is 109 Å². The first-order valence-electron chi connectivity index (χ1n) is 6.06. The molecule has 104 valence electrons. The second-order valence-corrected chi connectivity index (χ2v) is 4.90. The SMILES string of the molecule is C[C@]1(OC(N)=O)CCN(c2cc(C#N)ncc2C=O)C1. The fraction of sp³-hybridized carbons (Fsp3) is 0.385. The lowest BCUT2D eigenvalue weighted by molar-refractivity contribution is 0.0480. The number of aromatic nitrogens is 1. The van der Waals surface area contributed by atoms with E-state index in [1.165, 1.54) is 6.20 Å². The highest BCUT2D eigenvalue weighted by Crippen LogP contribution is 2.31. The van der Waals surface area contributed by atoms with E-state index in [0.29, 0.717) is 37.0 Å². The number of pyridine rings is 1. The quantitative estimate of drug-likeness (QED) is 0.817. The molecule has 0 unspecified atom stereocenters. The number of aldehydes is 1. The average molecular weight is 274 g/mol. The summed E-state index contributed by atoms with van der Waals surface area (Å²) in [5.41, 5.74) is 5.60. The van der Waals surface area contributed by atoms with Gasteiger partial charge in [-0.1, -0.05) is 0 Å². The van der Waals surface area contributed by atoms with Gasteiger partial charge in [-0.05, 0) is 13.0 Å². The van der Waals surface area contributed by atoms with Crippen LogP contribution in [0.3, 0.4) is 0 Å². The second-order valence-electron chi connectivity index (χ2n) is 4.90. The number of rotatable bonds is 3. The Morgan fingerprint density at radius 1 is 1.70 bits per heavy atom. The Bertz CT molecular complexity index is 596. The zero-order valence-corrected chi connectivity index (χ0v) is 11.0. The predicted molar refractivity (Wildman–Crippen MR) is 70.2 cm³/mol. The number of primary amides is 1. The third-order valence-corrected chi connectivity index (χ3v) is 3.28. The van der Waals surface area contributed by atoms with Crippen molar-refractivity contribution in [2.75, 3.05) is 18.0 Å². The Balaban J connectivity index is 2.28. The number of anilines is 1. The van der Waals surface area contributed by atoms with Crippen LogP contribution in [0.1, 0.15) is 29.4 Å². The highest BCUT2D eigenvalue weighted by Gasteiger charge is 2.37. The number of nitrogens with two attached hydrogens (primary N) is 1. The van der Waals surface area contributed by atoms with Crippen molar-refractivity contribution >= 4 is 18.1 Å². The van der Waals surface area contributed by atoms with Gasteiger partial charge in [-0.3, -0.25) is 4.79 Å². The molecule has 1 amide bonds. The normalized spacial score (nSPS) is 21.3. The van der Waals surface area contributed by atoms with Crippen molar-refractivity contribution in [3.05, 3.63) is 23.5 Å². The third-order valence-electron chi connectivity index (χ3n) is 3.28. The first-order valence-corrected chi connectivity index (χ1v) is 6.06. The number of ether oxygens (including phenoxy) is 1. The zero-order valence-electron chi connectivity index (χ0n) is 11.0. The molecule has 7 nitrogen and oxygen atoms in total. The van der Waals surface area contributed by atoms with Crippen molar-refractivity contribution < 1.29 is 14.3 Å². The highest BCUT2D eigenvalue weighted by atomic mass is 16.6. The molecule has 0 spiro atoms. The molecule has 2 N–H and O–H groups in total. The van der Waals surface area contributed by atoms with E-state index >= 15 is 0 Å². The van der Waals surface area contributed by atoms with Crippen LogP contribution in [0.4, 0.5) is 10.5 Å². The van der Waals surface area contributed by atoms with Gasteiger partial charge in [0.15, 0.2) is 6.29 Å². The molecule has 1 atom stereocenters. The fourth-order valence-electron chi connectivity index (χ4n) is 2.35. The van der Waals surface area contributed by atoms with Crippen molar-refractivity contribution in [3.63, 3.8) is 0 Å². The number of hydrogen-bond acceptors (Lipinski definition) is 6. The molecule has 0 aromatic carbocycles. The Morgan fingerprint density at radius 2 is 2.45 bits per heavy atom. The summed E-state index contributed by atoms with van der Waals surface area (Å²) in [5.74, 6) is 0. The largest absolute Gasteiger partial charge is 0.441 e. The lowest BCUT2D eigenvalue weighted by atomic mass is 10.1. The summed E-state index contributed by atoms with van der Waals surface area (Å²) in [6, 6.07) is 3.49. The van der Waals surface area contributed by atoms with E-state index in [4.69, 9.17) is 15.7 Å². The van der Waals surface area contributed by atoms with E-state index in [1.54, 1.807) is 13.0 Å². The number of carbonyl (C=O) groups excluding carboxylic acids is 2. The van der Waals surface area contributed by atoms with Crippen LogP contribution < -0.4 is 10.6 Å². The van der Waals surface area contributed by atoms with Gasteiger partial charge in [0.1, 0.15) is 17.4 Å². The zero-order chi connectivity index (χ0) is 14.8. The van der Waals surface area contributed by atoms with Gasteiger partial charge >= 0.3 is 6.09 Å². The number of hydrogen-bond donors (Lipinski definition) is 1. The van der Waals surface area contributed by atoms with Crippen LogP contribution in [0.15, 0.2) is 12.3 Å². The van der Waals surface area contributed by atoms with Gasteiger partial charge in [-0.15, -0.1) is 0 Å². The van der Waals surface area contributed by atoms with Crippen LogP contribution in [0.25, 0.3) is 0 Å². The van der Waals surface area contributed by atoms with E-state index in [1.807, 2.05) is 11.0 Å². The molecule has 0 saturated carbocycles. The van der Waals surface area contributed by atoms with Crippen LogP contribution in [0, 0.1) is 11.3 Å². The highest BCUT2D eigenvalue weighted by molar-refractivity contribution is 5.84. The lowest BCUT2D eigenvalue weighted by Gasteiger charge is -2.25. The molecular weight excluding hydrogens is 260 g/mol. The van der Waals surface area contributed by atoms with Crippen molar-refractivity contribution in [1.29, 1.82) is 5.26 Å². The van der Waals surface area contributed by atoms with Gasteiger partial charge in [0, 0.05) is 19.2 Å². The molecule has 1 aromatic heterocycles. The van der Waals surface area contributed by atoms with Gasteiger partial charge in [-0.25, -0.2) is 9.78 Å². The Hall–Kier alpha value is -2.62. The molecule has 0 bridgehead atoms. The molecule has 2 heterocycles. The Labute approximate surface area is 115 Å². The molecule has 1 aliphatic rings. The minimum atomic E-state index is -0.822. The lowest BCUT2D eigenvalue weighted by Crippen LogP contribution is -2.37. The maximum absolute atomic E-state index is 11.1. The number of amides is 1. The van der Waals surface area contributed by atoms with Gasteiger partial charge < -0.3 is 15.4 Å². The summed E-state index contributed by atoms with van der Waals surface area (Å²) in [6.45, 7) is 2.79. The molecule has 0 radical (unpaired) electrons. The van der Waals surface area contributed by atoms with E-state index in [0.717, 1.165) is 0 Å². The van der Waals surface area contributed by atoms with E-state index < -0.39 is 11.7 Å². The number of carbonyl (C=O) groups is 2. The fourth-order valence-corrected chi connectivity index (χ4v) is 2.35. The summed E-state index contributed by atoms with van der Waals surface area (Å²) < 4.78 is 5.11. The van der Waals surface area contributed by atoms with Crippen molar-refractivity contribution in [2.45, 2.75) is 18.9 Å². The molecule has 1 aromatic rings.